The SMILES string of the molecule is CC1(C)CCC(C)(C)c2cc(Cn3cccc(C(=O)N[C@@H](CCCNC(=N)N)C(=O)O)c3=O)ccc21. The van der Waals surface area contributed by atoms with Crippen molar-refractivity contribution in [1.29, 1.82) is 5.41 Å². The Labute approximate surface area is 211 Å². The van der Waals surface area contributed by atoms with Gasteiger partial charge in [-0.25, -0.2) is 4.79 Å². The van der Waals surface area contributed by atoms with E-state index in [0.29, 0.717) is 19.5 Å². The van der Waals surface area contributed by atoms with Gasteiger partial charge in [-0.15, -0.1) is 0 Å². The minimum atomic E-state index is -1.19. The van der Waals surface area contributed by atoms with Gasteiger partial charge in [0.25, 0.3) is 11.5 Å². The van der Waals surface area contributed by atoms with Crippen molar-refractivity contribution < 1.29 is 14.7 Å². The molecule has 3 rings (SSSR count). The van der Waals surface area contributed by atoms with Gasteiger partial charge in [-0.1, -0.05) is 45.9 Å². The number of carbonyl (C=O) groups is 2. The molecular weight excluding hydrogens is 458 g/mol. The number of carboxylic acids is 1. The van der Waals surface area contributed by atoms with Crippen LogP contribution in [0.4, 0.5) is 0 Å². The molecule has 1 heterocycles. The number of carbonyl (C=O) groups excluding carboxylic acids is 1. The molecule has 1 aliphatic rings. The van der Waals surface area contributed by atoms with Crippen LogP contribution in [0.15, 0.2) is 41.3 Å². The summed E-state index contributed by atoms with van der Waals surface area (Å²) in [6.45, 7) is 9.63. The van der Waals surface area contributed by atoms with E-state index in [0.717, 1.165) is 18.4 Å². The zero-order chi connectivity index (χ0) is 26.7. The first-order valence-corrected chi connectivity index (χ1v) is 12.3. The van der Waals surface area contributed by atoms with Crippen molar-refractivity contribution in [2.24, 2.45) is 5.73 Å². The molecule has 9 nitrogen and oxygen atoms in total. The van der Waals surface area contributed by atoms with E-state index in [1.165, 1.54) is 21.8 Å². The third-order valence-corrected chi connectivity index (χ3v) is 7.12. The second-order valence-corrected chi connectivity index (χ2v) is 10.8. The van der Waals surface area contributed by atoms with E-state index < -0.39 is 23.5 Å². The van der Waals surface area contributed by atoms with Gasteiger partial charge in [0.05, 0.1) is 6.54 Å². The summed E-state index contributed by atoms with van der Waals surface area (Å²) in [5.41, 5.74) is 8.38. The van der Waals surface area contributed by atoms with Crippen molar-refractivity contribution in [3.8, 4) is 0 Å². The molecule has 0 spiro atoms. The number of rotatable bonds is 9. The number of guanidine groups is 1. The van der Waals surface area contributed by atoms with Gasteiger partial charge < -0.3 is 26.0 Å². The van der Waals surface area contributed by atoms with Crippen LogP contribution in [0.3, 0.4) is 0 Å². The minimum Gasteiger partial charge on any atom is -0.480 e. The van der Waals surface area contributed by atoms with Crippen molar-refractivity contribution in [3.63, 3.8) is 0 Å². The first-order valence-electron chi connectivity index (χ1n) is 12.3. The Morgan fingerprint density at radius 1 is 1.14 bits per heavy atom. The van der Waals surface area contributed by atoms with Crippen LogP contribution in [0.1, 0.15) is 80.4 Å². The number of benzene rings is 1. The van der Waals surface area contributed by atoms with Crippen molar-refractivity contribution in [1.82, 2.24) is 15.2 Å². The average molecular weight is 496 g/mol. The maximum absolute atomic E-state index is 13.1. The van der Waals surface area contributed by atoms with Crippen LogP contribution in [-0.4, -0.2) is 40.1 Å². The van der Waals surface area contributed by atoms with E-state index in [9.17, 15) is 19.5 Å². The number of hydrogen-bond acceptors (Lipinski definition) is 4. The Bertz CT molecular complexity index is 1210. The van der Waals surface area contributed by atoms with Crippen LogP contribution >= 0.6 is 0 Å². The molecule has 0 fully saturated rings. The van der Waals surface area contributed by atoms with Gasteiger partial charge in [-0.2, -0.15) is 0 Å². The highest BCUT2D eigenvalue weighted by Gasteiger charge is 2.36. The molecule has 1 aromatic heterocycles. The predicted molar refractivity (Wildman–Crippen MR) is 140 cm³/mol. The molecule has 0 unspecified atom stereocenters. The summed E-state index contributed by atoms with van der Waals surface area (Å²) in [5.74, 6) is -2.13. The van der Waals surface area contributed by atoms with E-state index in [2.05, 4.69) is 50.5 Å². The number of amides is 1. The molecule has 2 aromatic rings. The summed E-state index contributed by atoms with van der Waals surface area (Å²) >= 11 is 0. The van der Waals surface area contributed by atoms with Crippen molar-refractivity contribution >= 4 is 17.8 Å². The van der Waals surface area contributed by atoms with Crippen LogP contribution in [0.5, 0.6) is 0 Å². The van der Waals surface area contributed by atoms with Crippen molar-refractivity contribution in [2.75, 3.05) is 6.54 Å². The summed E-state index contributed by atoms with van der Waals surface area (Å²) in [7, 11) is 0. The first kappa shape index (κ1) is 27.0. The molecule has 1 amide bonds. The molecule has 6 N–H and O–H groups in total. The van der Waals surface area contributed by atoms with E-state index in [-0.39, 0.29) is 28.8 Å². The molecule has 1 aliphatic carbocycles. The maximum atomic E-state index is 13.1. The number of hydrogen-bond donors (Lipinski definition) is 5. The van der Waals surface area contributed by atoms with Crippen molar-refractivity contribution in [2.45, 2.75) is 76.8 Å². The lowest BCUT2D eigenvalue weighted by atomic mass is 9.63. The number of nitrogens with one attached hydrogen (secondary N) is 3. The van der Waals surface area contributed by atoms with Gasteiger partial charge in [0.15, 0.2) is 5.96 Å². The molecule has 0 aliphatic heterocycles. The zero-order valence-corrected chi connectivity index (χ0v) is 21.5. The largest absolute Gasteiger partial charge is 0.480 e. The van der Waals surface area contributed by atoms with Crippen LogP contribution in [-0.2, 0) is 22.2 Å². The van der Waals surface area contributed by atoms with E-state index in [1.54, 1.807) is 12.3 Å². The summed E-state index contributed by atoms with van der Waals surface area (Å²) in [6, 6.07) is 8.23. The molecule has 0 bridgehead atoms. The summed E-state index contributed by atoms with van der Waals surface area (Å²) in [5, 5.41) is 21.7. The molecule has 194 valence electrons. The van der Waals surface area contributed by atoms with Crippen LogP contribution < -0.4 is 21.9 Å². The Morgan fingerprint density at radius 3 is 2.44 bits per heavy atom. The molecule has 9 heteroatoms. The third kappa shape index (κ3) is 6.13. The van der Waals surface area contributed by atoms with Crippen LogP contribution in [0, 0.1) is 5.41 Å². The second kappa shape index (κ2) is 10.6. The minimum absolute atomic E-state index is 0.0410. The molecule has 1 atom stereocenters. The highest BCUT2D eigenvalue weighted by atomic mass is 16.4. The fourth-order valence-corrected chi connectivity index (χ4v) is 4.79. The van der Waals surface area contributed by atoms with Crippen LogP contribution in [0.2, 0.25) is 0 Å². The van der Waals surface area contributed by atoms with E-state index in [4.69, 9.17) is 11.1 Å². The predicted octanol–water partition coefficient (Wildman–Crippen LogP) is 2.69. The summed E-state index contributed by atoms with van der Waals surface area (Å²) in [6.07, 6.45) is 4.34. The topological polar surface area (TPSA) is 150 Å². The maximum Gasteiger partial charge on any atom is 0.326 e. The second-order valence-electron chi connectivity index (χ2n) is 10.8. The van der Waals surface area contributed by atoms with Crippen LogP contribution in [0.25, 0.3) is 0 Å². The van der Waals surface area contributed by atoms with E-state index in [1.807, 2.05) is 6.07 Å². The number of nitrogens with zero attached hydrogens (tertiary/aromatic N) is 1. The Balaban J connectivity index is 1.79. The monoisotopic (exact) mass is 495 g/mol. The molecule has 0 radical (unpaired) electrons. The first-order chi connectivity index (χ1) is 16.8. The average Bonchev–Trinajstić information content (AvgIpc) is 2.80. The molecule has 0 saturated heterocycles. The molecule has 0 saturated carbocycles. The summed E-state index contributed by atoms with van der Waals surface area (Å²) in [4.78, 5) is 37.6. The van der Waals surface area contributed by atoms with Gasteiger partial charge in [-0.05, 0) is 65.3 Å². The standard InChI is InChI=1S/C27H37N5O4/c1-26(2)11-12-27(3,4)20-15-17(9-10-19(20)26)16-32-14-6-7-18(23(32)34)22(33)31-21(24(35)36)8-5-13-30-25(28)29/h6-7,9-10,14-15,21H,5,8,11-13,16H2,1-4H3,(H,31,33)(H,35,36)(H4,28,29,30)/t21-/m0/s1. The Kier molecular flexibility index (Phi) is 7.91. The highest BCUT2D eigenvalue weighted by molar-refractivity contribution is 5.96. The fourth-order valence-electron chi connectivity index (χ4n) is 4.79. The van der Waals surface area contributed by atoms with Gasteiger partial charge >= 0.3 is 5.97 Å². The summed E-state index contributed by atoms with van der Waals surface area (Å²) < 4.78 is 1.48. The van der Waals surface area contributed by atoms with Gasteiger partial charge in [-0.3, -0.25) is 15.0 Å². The van der Waals surface area contributed by atoms with Gasteiger partial charge in [0.2, 0.25) is 0 Å². The smallest absolute Gasteiger partial charge is 0.326 e. The Hall–Kier alpha value is -3.62. The number of nitrogens with two attached hydrogens (primary N) is 1. The number of carboxylic acid groups (broad SMARTS) is 1. The quantitative estimate of drug-likeness (QED) is 0.205. The lowest BCUT2D eigenvalue weighted by Gasteiger charge is -2.42. The lowest BCUT2D eigenvalue weighted by Crippen LogP contribution is -2.43. The van der Waals surface area contributed by atoms with Gasteiger partial charge in [0, 0.05) is 12.7 Å². The number of aliphatic carboxylic acids is 1. The normalized spacial score (nSPS) is 16.4. The third-order valence-electron chi connectivity index (χ3n) is 7.12. The fraction of sp³-hybridized carbons (Fsp3) is 0.481. The molecular formula is C27H37N5O4. The highest BCUT2D eigenvalue weighted by Crippen LogP contribution is 2.45. The molecule has 1 aromatic carbocycles. The van der Waals surface area contributed by atoms with Gasteiger partial charge in [0.1, 0.15) is 11.6 Å². The van der Waals surface area contributed by atoms with E-state index >= 15 is 0 Å². The zero-order valence-electron chi connectivity index (χ0n) is 21.5. The Morgan fingerprint density at radius 2 is 1.81 bits per heavy atom. The lowest BCUT2D eigenvalue weighted by molar-refractivity contribution is -0.139. The number of pyridine rings is 1. The molecule has 36 heavy (non-hydrogen) atoms. The van der Waals surface area contributed by atoms with Crippen molar-refractivity contribution in [3.05, 3.63) is 69.1 Å². The number of fused-ring (bicyclic) bond motifs is 1. The number of aromatic nitrogens is 1.